The Balaban J connectivity index is 1.61. The SMILES string of the molecule is Cc1ccc(Nc2nc(COC(=O)c3cccc(C)c3O)cs2)cc1. The maximum absolute atomic E-state index is 12.1. The number of aryl methyl sites for hydroxylation is 2. The highest BCUT2D eigenvalue weighted by molar-refractivity contribution is 7.13. The summed E-state index contributed by atoms with van der Waals surface area (Å²) in [5.41, 5.74) is 3.59. The van der Waals surface area contributed by atoms with Crippen molar-refractivity contribution >= 4 is 28.1 Å². The van der Waals surface area contributed by atoms with Crippen LogP contribution in [0.15, 0.2) is 47.8 Å². The van der Waals surface area contributed by atoms with Crippen LogP contribution in [-0.4, -0.2) is 16.1 Å². The summed E-state index contributed by atoms with van der Waals surface area (Å²) in [6.45, 7) is 3.82. The van der Waals surface area contributed by atoms with Crippen molar-refractivity contribution in [2.75, 3.05) is 5.32 Å². The number of aromatic nitrogens is 1. The van der Waals surface area contributed by atoms with Crippen molar-refractivity contribution < 1.29 is 14.6 Å². The number of benzene rings is 2. The lowest BCUT2D eigenvalue weighted by atomic mass is 10.1. The quantitative estimate of drug-likeness (QED) is 0.657. The number of anilines is 2. The molecule has 128 valence electrons. The number of para-hydroxylation sites is 1. The molecule has 0 unspecified atom stereocenters. The Kier molecular flexibility index (Phi) is 5.00. The zero-order valence-corrected chi connectivity index (χ0v) is 14.8. The summed E-state index contributed by atoms with van der Waals surface area (Å²) in [7, 11) is 0. The van der Waals surface area contributed by atoms with E-state index in [9.17, 15) is 9.90 Å². The van der Waals surface area contributed by atoms with E-state index in [1.54, 1.807) is 19.1 Å². The van der Waals surface area contributed by atoms with Gasteiger partial charge in [-0.3, -0.25) is 0 Å². The molecule has 1 heterocycles. The number of ether oxygens (including phenoxy) is 1. The Hall–Kier alpha value is -2.86. The topological polar surface area (TPSA) is 71.5 Å². The molecule has 0 bridgehead atoms. The summed E-state index contributed by atoms with van der Waals surface area (Å²) < 4.78 is 5.25. The molecule has 0 amide bonds. The monoisotopic (exact) mass is 354 g/mol. The van der Waals surface area contributed by atoms with E-state index in [-0.39, 0.29) is 17.9 Å². The van der Waals surface area contributed by atoms with Gasteiger partial charge >= 0.3 is 5.97 Å². The molecule has 0 radical (unpaired) electrons. The van der Waals surface area contributed by atoms with Gasteiger partial charge in [0.15, 0.2) is 5.13 Å². The molecule has 0 fully saturated rings. The average molecular weight is 354 g/mol. The first kappa shape index (κ1) is 17.0. The maximum Gasteiger partial charge on any atom is 0.342 e. The van der Waals surface area contributed by atoms with Crippen LogP contribution in [0, 0.1) is 13.8 Å². The van der Waals surface area contributed by atoms with Gasteiger partial charge in [-0.1, -0.05) is 29.8 Å². The maximum atomic E-state index is 12.1. The molecule has 2 aromatic carbocycles. The number of nitrogens with one attached hydrogen (secondary N) is 1. The molecular formula is C19H18N2O3S. The molecular weight excluding hydrogens is 336 g/mol. The molecule has 0 aliphatic carbocycles. The lowest BCUT2D eigenvalue weighted by Crippen LogP contribution is -2.06. The van der Waals surface area contributed by atoms with Crippen LogP contribution in [0.25, 0.3) is 0 Å². The molecule has 0 saturated heterocycles. The molecule has 5 nitrogen and oxygen atoms in total. The van der Waals surface area contributed by atoms with Crippen LogP contribution in [0.4, 0.5) is 10.8 Å². The van der Waals surface area contributed by atoms with Gasteiger partial charge in [0.2, 0.25) is 0 Å². The van der Waals surface area contributed by atoms with Crippen LogP contribution >= 0.6 is 11.3 Å². The van der Waals surface area contributed by atoms with Crippen molar-refractivity contribution in [1.29, 1.82) is 0 Å². The summed E-state index contributed by atoms with van der Waals surface area (Å²) >= 11 is 1.44. The van der Waals surface area contributed by atoms with Gasteiger partial charge in [-0.05, 0) is 37.6 Å². The second kappa shape index (κ2) is 7.36. The van der Waals surface area contributed by atoms with E-state index in [1.165, 1.54) is 23.0 Å². The molecule has 6 heteroatoms. The second-order valence-corrected chi connectivity index (χ2v) is 6.54. The highest BCUT2D eigenvalue weighted by Gasteiger charge is 2.14. The first-order valence-electron chi connectivity index (χ1n) is 7.77. The summed E-state index contributed by atoms with van der Waals surface area (Å²) in [6.07, 6.45) is 0. The Morgan fingerprint density at radius 1 is 1.20 bits per heavy atom. The Bertz CT molecular complexity index is 888. The lowest BCUT2D eigenvalue weighted by Gasteiger charge is -2.06. The molecule has 25 heavy (non-hydrogen) atoms. The van der Waals surface area contributed by atoms with E-state index in [4.69, 9.17) is 4.74 Å². The highest BCUT2D eigenvalue weighted by Crippen LogP contribution is 2.24. The number of hydrogen-bond donors (Lipinski definition) is 2. The van der Waals surface area contributed by atoms with Crippen LogP contribution in [0.5, 0.6) is 5.75 Å². The van der Waals surface area contributed by atoms with Gasteiger partial charge in [0.1, 0.15) is 17.9 Å². The fourth-order valence-corrected chi connectivity index (χ4v) is 2.95. The minimum Gasteiger partial charge on any atom is -0.507 e. The molecule has 3 aromatic rings. The number of aromatic hydroxyl groups is 1. The van der Waals surface area contributed by atoms with Crippen molar-refractivity contribution in [1.82, 2.24) is 4.98 Å². The minimum atomic E-state index is -0.567. The number of esters is 1. The standard InChI is InChI=1S/C19H18N2O3S/c1-12-6-8-14(9-7-12)20-19-21-15(11-25-19)10-24-18(23)16-5-3-4-13(2)17(16)22/h3-9,11,22H,10H2,1-2H3,(H,20,21). The number of carbonyl (C=O) groups is 1. The van der Waals surface area contributed by atoms with Crippen molar-refractivity contribution in [2.24, 2.45) is 0 Å². The number of rotatable bonds is 5. The number of nitrogens with zero attached hydrogens (tertiary/aromatic N) is 1. The van der Waals surface area contributed by atoms with Crippen molar-refractivity contribution in [3.05, 3.63) is 70.2 Å². The van der Waals surface area contributed by atoms with Gasteiger partial charge in [-0.15, -0.1) is 11.3 Å². The summed E-state index contributed by atoms with van der Waals surface area (Å²) in [4.78, 5) is 16.5. The van der Waals surface area contributed by atoms with E-state index in [0.717, 1.165) is 10.8 Å². The average Bonchev–Trinajstić information content (AvgIpc) is 3.05. The molecule has 0 atom stereocenters. The summed E-state index contributed by atoms with van der Waals surface area (Å²) in [5.74, 6) is -0.616. The zero-order valence-electron chi connectivity index (χ0n) is 13.9. The minimum absolute atomic E-state index is 0.0486. The lowest BCUT2D eigenvalue weighted by molar-refractivity contribution is 0.0465. The van der Waals surface area contributed by atoms with Crippen LogP contribution in [-0.2, 0) is 11.3 Å². The number of phenols is 1. The van der Waals surface area contributed by atoms with Crippen molar-refractivity contribution in [2.45, 2.75) is 20.5 Å². The second-order valence-electron chi connectivity index (χ2n) is 5.68. The van der Waals surface area contributed by atoms with Crippen LogP contribution < -0.4 is 5.32 Å². The van der Waals surface area contributed by atoms with E-state index < -0.39 is 5.97 Å². The summed E-state index contributed by atoms with van der Waals surface area (Å²) in [6, 6.07) is 13.0. The normalized spacial score (nSPS) is 10.5. The number of carbonyl (C=O) groups excluding carboxylic acids is 1. The smallest absolute Gasteiger partial charge is 0.342 e. The fourth-order valence-electron chi connectivity index (χ4n) is 2.23. The highest BCUT2D eigenvalue weighted by atomic mass is 32.1. The third kappa shape index (κ3) is 4.16. The zero-order chi connectivity index (χ0) is 17.8. The van der Waals surface area contributed by atoms with Crippen LogP contribution in [0.1, 0.15) is 27.2 Å². The van der Waals surface area contributed by atoms with Gasteiger partial charge < -0.3 is 15.2 Å². The van der Waals surface area contributed by atoms with Gasteiger partial charge in [0, 0.05) is 11.1 Å². The van der Waals surface area contributed by atoms with E-state index in [0.29, 0.717) is 11.3 Å². The molecule has 0 aliphatic rings. The predicted molar refractivity (Wildman–Crippen MR) is 98.5 cm³/mol. The van der Waals surface area contributed by atoms with E-state index in [1.807, 2.05) is 36.6 Å². The fraction of sp³-hybridized carbons (Fsp3) is 0.158. The van der Waals surface area contributed by atoms with Gasteiger partial charge in [0.05, 0.1) is 5.69 Å². The molecule has 0 spiro atoms. The predicted octanol–water partition coefficient (Wildman–Crippen LogP) is 4.57. The molecule has 1 aromatic heterocycles. The van der Waals surface area contributed by atoms with Crippen LogP contribution in [0.2, 0.25) is 0 Å². The van der Waals surface area contributed by atoms with Crippen LogP contribution in [0.3, 0.4) is 0 Å². The van der Waals surface area contributed by atoms with Crippen molar-refractivity contribution in [3.63, 3.8) is 0 Å². The summed E-state index contributed by atoms with van der Waals surface area (Å²) in [5, 5.41) is 15.7. The Morgan fingerprint density at radius 3 is 2.72 bits per heavy atom. The Morgan fingerprint density at radius 2 is 1.96 bits per heavy atom. The molecule has 0 saturated carbocycles. The van der Waals surface area contributed by atoms with Gasteiger partial charge in [0.25, 0.3) is 0 Å². The van der Waals surface area contributed by atoms with E-state index >= 15 is 0 Å². The third-order valence-corrected chi connectivity index (χ3v) is 4.47. The number of thiazole rings is 1. The van der Waals surface area contributed by atoms with Gasteiger partial charge in [-0.2, -0.15) is 0 Å². The van der Waals surface area contributed by atoms with Crippen molar-refractivity contribution in [3.8, 4) is 5.75 Å². The number of phenolic OH excluding ortho intramolecular Hbond substituents is 1. The first-order chi connectivity index (χ1) is 12.0. The first-order valence-corrected chi connectivity index (χ1v) is 8.64. The van der Waals surface area contributed by atoms with Gasteiger partial charge in [-0.25, -0.2) is 9.78 Å². The number of hydrogen-bond acceptors (Lipinski definition) is 6. The largest absolute Gasteiger partial charge is 0.507 e. The molecule has 2 N–H and O–H groups in total. The third-order valence-electron chi connectivity index (χ3n) is 3.66. The molecule has 3 rings (SSSR count). The molecule has 0 aliphatic heterocycles. The van der Waals surface area contributed by atoms with E-state index in [2.05, 4.69) is 10.3 Å². The Labute approximate surface area is 149 Å².